The molecule has 3 rings (SSSR count). The number of benzene rings is 3. The molecule has 170 valence electrons. The Hall–Kier alpha value is -4.26. The second kappa shape index (κ2) is 11.4. The molecule has 0 fully saturated rings. The lowest BCUT2D eigenvalue weighted by Crippen LogP contribution is -2.14. The van der Waals surface area contributed by atoms with Gasteiger partial charge in [0.1, 0.15) is 17.2 Å². The summed E-state index contributed by atoms with van der Waals surface area (Å²) >= 11 is 0. The molecule has 0 aliphatic heterocycles. The molecule has 0 atom stereocenters. The van der Waals surface area contributed by atoms with Gasteiger partial charge in [-0.15, -0.1) is 0 Å². The van der Waals surface area contributed by atoms with Crippen LogP contribution in [0.1, 0.15) is 22.8 Å². The molecule has 0 unspecified atom stereocenters. The van der Waals surface area contributed by atoms with Gasteiger partial charge in [0.15, 0.2) is 0 Å². The lowest BCUT2D eigenvalue weighted by molar-refractivity contribution is -0.111. The molecular formula is C26H26N2O5. The molecule has 0 spiro atoms. The van der Waals surface area contributed by atoms with Crippen molar-refractivity contribution in [3.8, 4) is 17.2 Å². The van der Waals surface area contributed by atoms with Gasteiger partial charge in [-0.3, -0.25) is 9.59 Å². The number of methoxy groups -OCH3 is 2. The highest BCUT2D eigenvalue weighted by molar-refractivity contribution is 6.06. The van der Waals surface area contributed by atoms with Crippen molar-refractivity contribution in [2.24, 2.45) is 0 Å². The monoisotopic (exact) mass is 446 g/mol. The van der Waals surface area contributed by atoms with Crippen LogP contribution in [-0.2, 0) is 4.79 Å². The minimum Gasteiger partial charge on any atom is -0.494 e. The molecule has 7 heteroatoms. The highest BCUT2D eigenvalue weighted by atomic mass is 16.5. The summed E-state index contributed by atoms with van der Waals surface area (Å²) in [6.07, 6.45) is 3.09. The van der Waals surface area contributed by atoms with Crippen molar-refractivity contribution in [3.63, 3.8) is 0 Å². The number of ether oxygens (including phenoxy) is 3. The first kappa shape index (κ1) is 23.4. The highest BCUT2D eigenvalue weighted by Crippen LogP contribution is 2.36. The SMILES string of the molecule is CCOc1ccccc1C=CC(=O)Nc1cc(OC)c(NC(=O)c2ccccc2)cc1OC. The molecule has 0 aliphatic rings. The molecular weight excluding hydrogens is 420 g/mol. The van der Waals surface area contributed by atoms with Gasteiger partial charge in [-0.2, -0.15) is 0 Å². The van der Waals surface area contributed by atoms with Crippen molar-refractivity contribution in [3.05, 3.63) is 83.9 Å². The van der Waals surface area contributed by atoms with E-state index >= 15 is 0 Å². The second-order valence-electron chi connectivity index (χ2n) is 6.87. The Balaban J connectivity index is 1.79. The normalized spacial score (nSPS) is 10.5. The van der Waals surface area contributed by atoms with E-state index in [1.165, 1.54) is 20.3 Å². The summed E-state index contributed by atoms with van der Waals surface area (Å²) in [6, 6.07) is 19.5. The molecule has 7 nitrogen and oxygen atoms in total. The van der Waals surface area contributed by atoms with E-state index in [0.717, 1.165) is 5.56 Å². The van der Waals surface area contributed by atoms with Gasteiger partial charge in [0.2, 0.25) is 5.91 Å². The Kier molecular flexibility index (Phi) is 8.07. The standard InChI is InChI=1S/C26H26N2O5/c1-4-33-22-13-9-8-10-18(22)14-15-25(29)27-20-16-24(32-3)21(17-23(20)31-2)28-26(30)19-11-6-5-7-12-19/h5-17H,4H2,1-3H3,(H,27,29)(H,28,30). The molecule has 3 aromatic rings. The zero-order chi connectivity index (χ0) is 23.6. The molecule has 0 saturated carbocycles. The molecule has 0 aromatic heterocycles. The van der Waals surface area contributed by atoms with Gasteiger partial charge in [-0.05, 0) is 31.2 Å². The largest absolute Gasteiger partial charge is 0.494 e. The molecule has 2 amide bonds. The summed E-state index contributed by atoms with van der Waals surface area (Å²) in [5.41, 5.74) is 2.12. The third-order valence-corrected chi connectivity index (χ3v) is 4.70. The summed E-state index contributed by atoms with van der Waals surface area (Å²) in [4.78, 5) is 25.1. The van der Waals surface area contributed by atoms with Crippen LogP contribution in [0.5, 0.6) is 17.2 Å². The van der Waals surface area contributed by atoms with Crippen LogP contribution in [0.2, 0.25) is 0 Å². The molecule has 0 saturated heterocycles. The second-order valence-corrected chi connectivity index (χ2v) is 6.87. The topological polar surface area (TPSA) is 85.9 Å². The first-order valence-electron chi connectivity index (χ1n) is 10.4. The number of rotatable bonds is 9. The van der Waals surface area contributed by atoms with E-state index < -0.39 is 0 Å². The van der Waals surface area contributed by atoms with Crippen LogP contribution >= 0.6 is 0 Å². The van der Waals surface area contributed by atoms with Gasteiger partial charge in [-0.1, -0.05) is 36.4 Å². The van der Waals surface area contributed by atoms with Gasteiger partial charge in [0.05, 0.1) is 32.2 Å². The van der Waals surface area contributed by atoms with E-state index in [0.29, 0.717) is 40.8 Å². The maximum Gasteiger partial charge on any atom is 0.255 e. The molecule has 3 aromatic carbocycles. The van der Waals surface area contributed by atoms with Crippen LogP contribution < -0.4 is 24.8 Å². The quantitative estimate of drug-likeness (QED) is 0.452. The van der Waals surface area contributed by atoms with E-state index in [-0.39, 0.29) is 11.8 Å². The van der Waals surface area contributed by atoms with Crippen LogP contribution in [0.3, 0.4) is 0 Å². The van der Waals surface area contributed by atoms with E-state index in [4.69, 9.17) is 14.2 Å². The summed E-state index contributed by atoms with van der Waals surface area (Å²) in [6.45, 7) is 2.43. The first-order valence-corrected chi connectivity index (χ1v) is 10.4. The predicted molar refractivity (Wildman–Crippen MR) is 129 cm³/mol. The molecule has 0 aliphatic carbocycles. The fourth-order valence-electron chi connectivity index (χ4n) is 3.12. The molecule has 0 heterocycles. The van der Waals surface area contributed by atoms with Crippen LogP contribution in [0, 0.1) is 0 Å². The van der Waals surface area contributed by atoms with Crippen molar-refractivity contribution < 1.29 is 23.8 Å². The Labute approximate surface area is 193 Å². The Morgan fingerprint density at radius 1 is 0.818 bits per heavy atom. The van der Waals surface area contributed by atoms with Gasteiger partial charge in [0.25, 0.3) is 5.91 Å². The number of hydrogen-bond donors (Lipinski definition) is 2. The van der Waals surface area contributed by atoms with Crippen LogP contribution in [0.25, 0.3) is 6.08 Å². The van der Waals surface area contributed by atoms with Crippen molar-refractivity contribution in [2.45, 2.75) is 6.92 Å². The molecule has 2 N–H and O–H groups in total. The van der Waals surface area contributed by atoms with E-state index in [1.54, 1.807) is 42.5 Å². The van der Waals surface area contributed by atoms with E-state index in [1.807, 2.05) is 37.3 Å². The maximum absolute atomic E-state index is 12.6. The molecule has 33 heavy (non-hydrogen) atoms. The van der Waals surface area contributed by atoms with Crippen LogP contribution in [0.15, 0.2) is 72.8 Å². The van der Waals surface area contributed by atoms with Crippen molar-refractivity contribution >= 4 is 29.3 Å². The number of nitrogens with one attached hydrogen (secondary N) is 2. The van der Waals surface area contributed by atoms with Crippen molar-refractivity contribution in [1.29, 1.82) is 0 Å². The summed E-state index contributed by atoms with van der Waals surface area (Å²) < 4.78 is 16.4. The van der Waals surface area contributed by atoms with Gasteiger partial charge in [0, 0.05) is 29.3 Å². The average Bonchev–Trinajstić information content (AvgIpc) is 2.84. The van der Waals surface area contributed by atoms with Crippen molar-refractivity contribution in [1.82, 2.24) is 0 Å². The number of anilines is 2. The summed E-state index contributed by atoms with van der Waals surface area (Å²) in [5, 5.41) is 5.60. The zero-order valence-electron chi connectivity index (χ0n) is 18.8. The first-order chi connectivity index (χ1) is 16.0. The lowest BCUT2D eigenvalue weighted by Gasteiger charge is -2.16. The van der Waals surface area contributed by atoms with Crippen molar-refractivity contribution in [2.75, 3.05) is 31.5 Å². The fourth-order valence-corrected chi connectivity index (χ4v) is 3.12. The summed E-state index contributed by atoms with van der Waals surface area (Å²) in [5.74, 6) is 0.796. The third-order valence-electron chi connectivity index (χ3n) is 4.70. The Morgan fingerprint density at radius 3 is 2.06 bits per heavy atom. The molecule has 0 bridgehead atoms. The number of carbonyl (C=O) groups is 2. The summed E-state index contributed by atoms with van der Waals surface area (Å²) in [7, 11) is 2.96. The fraction of sp³-hybridized carbons (Fsp3) is 0.154. The minimum atomic E-state index is -0.359. The predicted octanol–water partition coefficient (Wildman–Crippen LogP) is 5.01. The Morgan fingerprint density at radius 2 is 1.42 bits per heavy atom. The van der Waals surface area contributed by atoms with Gasteiger partial charge in [-0.25, -0.2) is 0 Å². The number of amides is 2. The van der Waals surface area contributed by atoms with E-state index in [2.05, 4.69) is 10.6 Å². The number of carbonyl (C=O) groups excluding carboxylic acids is 2. The lowest BCUT2D eigenvalue weighted by atomic mass is 10.1. The van der Waals surface area contributed by atoms with Gasteiger partial charge >= 0.3 is 0 Å². The third kappa shape index (κ3) is 6.13. The Bertz CT molecular complexity index is 1140. The number of hydrogen-bond acceptors (Lipinski definition) is 5. The molecule has 0 radical (unpaired) electrons. The zero-order valence-corrected chi connectivity index (χ0v) is 18.8. The van der Waals surface area contributed by atoms with Crippen LogP contribution in [0.4, 0.5) is 11.4 Å². The average molecular weight is 447 g/mol. The smallest absolute Gasteiger partial charge is 0.255 e. The maximum atomic E-state index is 12.6. The van der Waals surface area contributed by atoms with E-state index in [9.17, 15) is 9.59 Å². The number of para-hydroxylation sites is 1. The highest BCUT2D eigenvalue weighted by Gasteiger charge is 2.15. The minimum absolute atomic E-state index is 0.288. The van der Waals surface area contributed by atoms with Gasteiger partial charge < -0.3 is 24.8 Å². The van der Waals surface area contributed by atoms with Crippen LogP contribution in [-0.4, -0.2) is 32.6 Å².